The van der Waals surface area contributed by atoms with Gasteiger partial charge in [0.1, 0.15) is 0 Å². The molecule has 0 amide bonds. The van der Waals surface area contributed by atoms with E-state index in [2.05, 4.69) is 15.2 Å². The summed E-state index contributed by atoms with van der Waals surface area (Å²) in [5, 5.41) is 16.1. The summed E-state index contributed by atoms with van der Waals surface area (Å²) in [6, 6.07) is 5.39. The second-order valence-corrected chi connectivity index (χ2v) is 3.70. The van der Waals surface area contributed by atoms with Gasteiger partial charge < -0.3 is 10.9 Å². The topological polar surface area (TPSA) is 89.3 Å². The Balaban J connectivity index is 2.64. The van der Waals surface area contributed by atoms with Gasteiger partial charge in [0, 0.05) is 11.9 Å². The molecule has 0 atom stereocenters. The molecule has 6 heteroatoms. The fourth-order valence-electron chi connectivity index (χ4n) is 1.66. The zero-order valence-electron chi connectivity index (χ0n) is 9.62. The van der Waals surface area contributed by atoms with E-state index in [0.29, 0.717) is 11.4 Å². The Morgan fingerprint density at radius 3 is 2.82 bits per heavy atom. The van der Waals surface area contributed by atoms with Crippen molar-refractivity contribution in [3.63, 3.8) is 0 Å². The zero-order valence-corrected chi connectivity index (χ0v) is 9.62. The maximum atomic E-state index is 8.74. The van der Waals surface area contributed by atoms with Crippen LogP contribution in [-0.4, -0.2) is 25.8 Å². The van der Waals surface area contributed by atoms with Gasteiger partial charge in [0.25, 0.3) is 0 Å². The second-order valence-electron chi connectivity index (χ2n) is 3.70. The van der Waals surface area contributed by atoms with Gasteiger partial charge in [-0.25, -0.2) is 9.67 Å². The van der Waals surface area contributed by atoms with Crippen LogP contribution in [0, 0.1) is 13.8 Å². The third kappa shape index (κ3) is 1.96. The first kappa shape index (κ1) is 11.1. The lowest BCUT2D eigenvalue weighted by Crippen LogP contribution is -2.18. The van der Waals surface area contributed by atoms with Crippen LogP contribution in [0.1, 0.15) is 17.0 Å². The molecule has 88 valence electrons. The number of aromatic nitrogens is 3. The maximum Gasteiger partial charge on any atom is 0.173 e. The van der Waals surface area contributed by atoms with Crippen molar-refractivity contribution in [2.75, 3.05) is 0 Å². The van der Waals surface area contributed by atoms with Crippen LogP contribution in [-0.2, 0) is 0 Å². The first-order valence-corrected chi connectivity index (χ1v) is 5.10. The Kier molecular flexibility index (Phi) is 2.78. The first-order chi connectivity index (χ1) is 8.13. The maximum absolute atomic E-state index is 8.74. The lowest BCUT2D eigenvalue weighted by molar-refractivity contribution is 0.318. The highest BCUT2D eigenvalue weighted by atomic mass is 16.4. The fourth-order valence-corrected chi connectivity index (χ4v) is 1.66. The van der Waals surface area contributed by atoms with Crippen molar-refractivity contribution >= 4 is 5.84 Å². The van der Waals surface area contributed by atoms with Crippen molar-refractivity contribution in [2.45, 2.75) is 13.8 Å². The van der Waals surface area contributed by atoms with Crippen molar-refractivity contribution in [1.82, 2.24) is 14.8 Å². The van der Waals surface area contributed by atoms with Crippen LogP contribution in [0.2, 0.25) is 0 Å². The smallest absolute Gasteiger partial charge is 0.173 e. The molecule has 2 aromatic heterocycles. The summed E-state index contributed by atoms with van der Waals surface area (Å²) in [6.07, 6.45) is 1.64. The minimum Gasteiger partial charge on any atom is -0.409 e. The summed E-state index contributed by atoms with van der Waals surface area (Å²) in [7, 11) is 0. The molecule has 6 nitrogen and oxygen atoms in total. The number of amidine groups is 1. The Labute approximate surface area is 98.4 Å². The summed E-state index contributed by atoms with van der Waals surface area (Å²) in [6.45, 7) is 3.82. The van der Waals surface area contributed by atoms with E-state index >= 15 is 0 Å². The van der Waals surface area contributed by atoms with Gasteiger partial charge in [0.05, 0.1) is 11.3 Å². The van der Waals surface area contributed by atoms with E-state index in [0.717, 1.165) is 11.4 Å². The van der Waals surface area contributed by atoms with E-state index in [1.807, 2.05) is 19.9 Å². The predicted octanol–water partition coefficient (Wildman–Crippen LogP) is 0.979. The van der Waals surface area contributed by atoms with Crippen molar-refractivity contribution in [1.29, 1.82) is 0 Å². The van der Waals surface area contributed by atoms with Crippen LogP contribution in [0.3, 0.4) is 0 Å². The number of nitrogens with two attached hydrogens (primary N) is 1. The second kappa shape index (κ2) is 4.25. The monoisotopic (exact) mass is 231 g/mol. The molecule has 0 aliphatic carbocycles. The SMILES string of the molecule is Cc1cc(C)n(-c2ncccc2/C(N)=N/O)n1. The largest absolute Gasteiger partial charge is 0.409 e. The molecular weight excluding hydrogens is 218 g/mol. The van der Waals surface area contributed by atoms with Crippen LogP contribution in [0.25, 0.3) is 5.82 Å². The van der Waals surface area contributed by atoms with Crippen LogP contribution >= 0.6 is 0 Å². The Bertz CT molecular complexity index is 573. The van der Waals surface area contributed by atoms with Crippen LogP contribution in [0.5, 0.6) is 0 Å². The van der Waals surface area contributed by atoms with Crippen molar-refractivity contribution in [3.8, 4) is 5.82 Å². The molecule has 0 unspecified atom stereocenters. The molecule has 2 rings (SSSR count). The highest BCUT2D eigenvalue weighted by Gasteiger charge is 2.12. The third-order valence-electron chi connectivity index (χ3n) is 2.38. The molecule has 0 aliphatic heterocycles. The van der Waals surface area contributed by atoms with Gasteiger partial charge in [0.15, 0.2) is 11.7 Å². The summed E-state index contributed by atoms with van der Waals surface area (Å²) in [5.41, 5.74) is 7.98. The Morgan fingerprint density at radius 1 is 1.47 bits per heavy atom. The van der Waals surface area contributed by atoms with Gasteiger partial charge in [-0.2, -0.15) is 5.10 Å². The molecule has 0 saturated carbocycles. The van der Waals surface area contributed by atoms with Gasteiger partial charge in [-0.15, -0.1) is 0 Å². The van der Waals surface area contributed by atoms with E-state index in [1.165, 1.54) is 0 Å². The number of pyridine rings is 1. The highest BCUT2D eigenvalue weighted by molar-refractivity contribution is 5.99. The molecule has 3 N–H and O–H groups in total. The van der Waals surface area contributed by atoms with E-state index in [1.54, 1.807) is 23.0 Å². The number of oxime groups is 1. The molecule has 17 heavy (non-hydrogen) atoms. The average molecular weight is 231 g/mol. The molecule has 0 saturated heterocycles. The van der Waals surface area contributed by atoms with E-state index < -0.39 is 0 Å². The minimum atomic E-state index is 0.0145. The number of hydrogen-bond acceptors (Lipinski definition) is 4. The highest BCUT2D eigenvalue weighted by Crippen LogP contribution is 2.13. The van der Waals surface area contributed by atoms with Gasteiger partial charge in [-0.05, 0) is 32.0 Å². The Morgan fingerprint density at radius 2 is 2.24 bits per heavy atom. The normalized spacial score (nSPS) is 11.8. The molecule has 0 bridgehead atoms. The molecule has 0 aromatic carbocycles. The molecule has 2 heterocycles. The minimum absolute atomic E-state index is 0.0145. The van der Waals surface area contributed by atoms with Crippen molar-refractivity contribution in [3.05, 3.63) is 41.3 Å². The third-order valence-corrected chi connectivity index (χ3v) is 2.38. The van der Waals surface area contributed by atoms with Gasteiger partial charge in [-0.3, -0.25) is 0 Å². The van der Waals surface area contributed by atoms with Crippen LogP contribution < -0.4 is 5.73 Å². The summed E-state index contributed by atoms with van der Waals surface area (Å²) >= 11 is 0. The molecule has 0 radical (unpaired) electrons. The van der Waals surface area contributed by atoms with Crippen molar-refractivity contribution in [2.24, 2.45) is 10.9 Å². The number of aryl methyl sites for hydroxylation is 2. The molecule has 0 aliphatic rings. The fraction of sp³-hybridized carbons (Fsp3) is 0.182. The number of hydrogen-bond donors (Lipinski definition) is 2. The quantitative estimate of drug-likeness (QED) is 0.349. The number of nitrogens with zero attached hydrogens (tertiary/aromatic N) is 4. The molecule has 0 fully saturated rings. The molecule has 2 aromatic rings. The van der Waals surface area contributed by atoms with Crippen molar-refractivity contribution < 1.29 is 5.21 Å². The lowest BCUT2D eigenvalue weighted by Gasteiger charge is -2.08. The van der Waals surface area contributed by atoms with E-state index in [4.69, 9.17) is 10.9 Å². The molecule has 0 spiro atoms. The van der Waals surface area contributed by atoms with Crippen LogP contribution in [0.4, 0.5) is 0 Å². The summed E-state index contributed by atoms with van der Waals surface area (Å²) in [5.74, 6) is 0.564. The standard InChI is InChI=1S/C11H13N5O/c1-7-6-8(2)16(14-7)11-9(10(12)15-17)4-3-5-13-11/h3-6,17H,1-2H3,(H2,12,15). The lowest BCUT2D eigenvalue weighted by atomic mass is 10.2. The Hall–Kier alpha value is -2.37. The zero-order chi connectivity index (χ0) is 12.4. The van der Waals surface area contributed by atoms with Gasteiger partial charge in [0.2, 0.25) is 0 Å². The number of rotatable bonds is 2. The summed E-state index contributed by atoms with van der Waals surface area (Å²) < 4.78 is 1.67. The van der Waals surface area contributed by atoms with Gasteiger partial charge in [-0.1, -0.05) is 5.16 Å². The van der Waals surface area contributed by atoms with Gasteiger partial charge >= 0.3 is 0 Å². The average Bonchev–Trinajstić information content (AvgIpc) is 2.67. The van der Waals surface area contributed by atoms with E-state index in [-0.39, 0.29) is 5.84 Å². The first-order valence-electron chi connectivity index (χ1n) is 5.10. The summed E-state index contributed by atoms with van der Waals surface area (Å²) in [4.78, 5) is 4.22. The van der Waals surface area contributed by atoms with E-state index in [9.17, 15) is 0 Å². The predicted molar refractivity (Wildman–Crippen MR) is 63.3 cm³/mol. The molecular formula is C11H13N5O. The van der Waals surface area contributed by atoms with Crippen LogP contribution in [0.15, 0.2) is 29.6 Å².